The minimum Gasteiger partial charge on any atom is -0.481 e. The molecule has 3 unspecified atom stereocenters. The molecule has 1 fully saturated rings. The number of carboxylic acid groups (broad SMARTS) is 2. The van der Waals surface area contributed by atoms with Crippen molar-refractivity contribution in [3.05, 3.63) is 0 Å². The monoisotopic (exact) mass is 298 g/mol. The smallest absolute Gasteiger partial charge is 0.309 e. The molecule has 4 nitrogen and oxygen atoms in total. The van der Waals surface area contributed by atoms with Crippen molar-refractivity contribution >= 4 is 11.9 Å². The van der Waals surface area contributed by atoms with Gasteiger partial charge in [-0.15, -0.1) is 0 Å². The summed E-state index contributed by atoms with van der Waals surface area (Å²) < 4.78 is 0. The number of aliphatic carboxylic acids is 2. The van der Waals surface area contributed by atoms with Crippen LogP contribution < -0.4 is 0 Å². The van der Waals surface area contributed by atoms with Crippen molar-refractivity contribution < 1.29 is 19.8 Å². The van der Waals surface area contributed by atoms with E-state index in [0.29, 0.717) is 25.2 Å². The zero-order valence-electron chi connectivity index (χ0n) is 13.6. The van der Waals surface area contributed by atoms with Crippen LogP contribution in [0.1, 0.15) is 72.1 Å². The Kier molecular flexibility index (Phi) is 6.69. The van der Waals surface area contributed by atoms with Gasteiger partial charge in [0, 0.05) is 0 Å². The second kappa shape index (κ2) is 7.81. The van der Waals surface area contributed by atoms with Gasteiger partial charge in [0.2, 0.25) is 0 Å². The van der Waals surface area contributed by atoms with Gasteiger partial charge in [-0.05, 0) is 38.0 Å². The molecule has 0 aliphatic heterocycles. The van der Waals surface area contributed by atoms with Crippen LogP contribution in [0.25, 0.3) is 0 Å². The van der Waals surface area contributed by atoms with E-state index in [1.165, 1.54) is 6.42 Å². The van der Waals surface area contributed by atoms with E-state index in [1.54, 1.807) is 6.92 Å². The summed E-state index contributed by atoms with van der Waals surface area (Å²) >= 11 is 0. The molecule has 0 aromatic carbocycles. The summed E-state index contributed by atoms with van der Waals surface area (Å²) in [5.41, 5.74) is -0.876. The van der Waals surface area contributed by atoms with Crippen LogP contribution in [-0.4, -0.2) is 22.2 Å². The average Bonchev–Trinajstić information content (AvgIpc) is 2.39. The molecule has 2 N–H and O–H groups in total. The zero-order chi connectivity index (χ0) is 16.0. The maximum Gasteiger partial charge on any atom is 0.309 e. The predicted octanol–water partition coefficient (Wildman–Crippen LogP) is 4.18. The number of carboxylic acids is 2. The molecule has 4 heteroatoms. The van der Waals surface area contributed by atoms with Gasteiger partial charge in [-0.1, -0.05) is 46.0 Å². The zero-order valence-corrected chi connectivity index (χ0v) is 13.6. The van der Waals surface area contributed by atoms with Crippen molar-refractivity contribution in [1.82, 2.24) is 0 Å². The molecule has 21 heavy (non-hydrogen) atoms. The lowest BCUT2D eigenvalue weighted by Gasteiger charge is -2.41. The third kappa shape index (κ3) is 4.72. The summed E-state index contributed by atoms with van der Waals surface area (Å²) in [5, 5.41) is 19.0. The average molecular weight is 298 g/mol. The molecule has 0 aromatic rings. The largest absolute Gasteiger partial charge is 0.481 e. The van der Waals surface area contributed by atoms with Gasteiger partial charge in [-0.3, -0.25) is 9.59 Å². The molecule has 122 valence electrons. The summed E-state index contributed by atoms with van der Waals surface area (Å²) in [7, 11) is 0. The molecule has 1 aliphatic rings. The van der Waals surface area contributed by atoms with Crippen LogP contribution >= 0.6 is 0 Å². The molecule has 3 atom stereocenters. The quantitative estimate of drug-likeness (QED) is 0.659. The first kappa shape index (κ1) is 18.0. The van der Waals surface area contributed by atoms with Crippen LogP contribution in [-0.2, 0) is 9.59 Å². The summed E-state index contributed by atoms with van der Waals surface area (Å²) in [6, 6.07) is 0. The van der Waals surface area contributed by atoms with Crippen LogP contribution in [0.3, 0.4) is 0 Å². The van der Waals surface area contributed by atoms with Gasteiger partial charge in [0.05, 0.1) is 11.3 Å². The van der Waals surface area contributed by atoms with E-state index in [-0.39, 0.29) is 5.92 Å². The third-order valence-electron chi connectivity index (χ3n) is 5.12. The number of unbranched alkanes of at least 4 members (excludes halogenated alkanes) is 2. The summed E-state index contributed by atoms with van der Waals surface area (Å²) in [6.07, 6.45) is 6.97. The Labute approximate surface area is 127 Å². The van der Waals surface area contributed by atoms with E-state index in [4.69, 9.17) is 0 Å². The molecule has 0 radical (unpaired) electrons. The SMILES string of the molecule is CC(C)CCCCCC1C(C(=O)O)CCCC1(C)C(=O)O. The van der Waals surface area contributed by atoms with Crippen molar-refractivity contribution in [3.63, 3.8) is 0 Å². The van der Waals surface area contributed by atoms with Crippen LogP contribution in [0.2, 0.25) is 0 Å². The fourth-order valence-corrected chi connectivity index (χ4v) is 3.69. The molecular weight excluding hydrogens is 268 g/mol. The van der Waals surface area contributed by atoms with Crippen molar-refractivity contribution in [2.45, 2.75) is 72.1 Å². The molecular formula is C17H30O4. The fraction of sp³-hybridized carbons (Fsp3) is 0.882. The van der Waals surface area contributed by atoms with E-state index in [2.05, 4.69) is 13.8 Å². The topological polar surface area (TPSA) is 74.6 Å². The van der Waals surface area contributed by atoms with E-state index < -0.39 is 23.3 Å². The predicted molar refractivity (Wildman–Crippen MR) is 82.1 cm³/mol. The minimum absolute atomic E-state index is 0.236. The Bertz CT molecular complexity index is 364. The van der Waals surface area contributed by atoms with Crippen LogP contribution in [0.4, 0.5) is 0 Å². The van der Waals surface area contributed by atoms with Gasteiger partial charge in [0.15, 0.2) is 0 Å². The second-order valence-electron chi connectivity index (χ2n) is 7.20. The summed E-state index contributed by atoms with van der Waals surface area (Å²) in [6.45, 7) is 6.13. The lowest BCUT2D eigenvalue weighted by atomic mass is 9.61. The van der Waals surface area contributed by atoms with Crippen molar-refractivity contribution in [2.24, 2.45) is 23.2 Å². The van der Waals surface area contributed by atoms with Gasteiger partial charge in [0.25, 0.3) is 0 Å². The molecule has 0 amide bonds. The van der Waals surface area contributed by atoms with E-state index >= 15 is 0 Å². The Morgan fingerprint density at radius 3 is 2.38 bits per heavy atom. The molecule has 0 bridgehead atoms. The molecule has 0 aromatic heterocycles. The molecule has 1 aliphatic carbocycles. The van der Waals surface area contributed by atoms with E-state index in [1.807, 2.05) is 0 Å². The fourth-order valence-electron chi connectivity index (χ4n) is 3.69. The van der Waals surface area contributed by atoms with Gasteiger partial charge in [-0.25, -0.2) is 0 Å². The first-order valence-corrected chi connectivity index (χ1v) is 8.25. The highest BCUT2D eigenvalue weighted by Crippen LogP contribution is 2.47. The highest BCUT2D eigenvalue weighted by molar-refractivity contribution is 5.78. The number of hydrogen-bond acceptors (Lipinski definition) is 2. The number of carbonyl (C=O) groups is 2. The summed E-state index contributed by atoms with van der Waals surface area (Å²) in [5.74, 6) is -1.70. The van der Waals surface area contributed by atoms with Crippen LogP contribution in [0.5, 0.6) is 0 Å². The first-order chi connectivity index (χ1) is 9.79. The Hall–Kier alpha value is -1.06. The molecule has 0 saturated heterocycles. The van der Waals surface area contributed by atoms with Crippen molar-refractivity contribution in [3.8, 4) is 0 Å². The van der Waals surface area contributed by atoms with E-state index in [0.717, 1.165) is 25.7 Å². The highest BCUT2D eigenvalue weighted by atomic mass is 16.4. The highest BCUT2D eigenvalue weighted by Gasteiger charge is 2.49. The second-order valence-corrected chi connectivity index (χ2v) is 7.20. The Morgan fingerprint density at radius 2 is 1.86 bits per heavy atom. The van der Waals surface area contributed by atoms with Gasteiger partial charge >= 0.3 is 11.9 Å². The molecule has 0 heterocycles. The van der Waals surface area contributed by atoms with Crippen LogP contribution in [0, 0.1) is 23.2 Å². The molecule has 0 spiro atoms. The third-order valence-corrected chi connectivity index (χ3v) is 5.12. The first-order valence-electron chi connectivity index (χ1n) is 8.25. The molecule has 1 rings (SSSR count). The van der Waals surface area contributed by atoms with Gasteiger partial charge in [-0.2, -0.15) is 0 Å². The number of hydrogen-bond donors (Lipinski definition) is 2. The van der Waals surface area contributed by atoms with Gasteiger partial charge in [0.1, 0.15) is 0 Å². The lowest BCUT2D eigenvalue weighted by molar-refractivity contribution is -0.161. The Morgan fingerprint density at radius 1 is 1.19 bits per heavy atom. The molecule has 1 saturated carbocycles. The maximum atomic E-state index is 11.6. The normalized spacial score (nSPS) is 29.5. The lowest BCUT2D eigenvalue weighted by Crippen LogP contribution is -2.45. The summed E-state index contributed by atoms with van der Waals surface area (Å²) in [4.78, 5) is 23.1. The van der Waals surface area contributed by atoms with Crippen molar-refractivity contribution in [2.75, 3.05) is 0 Å². The maximum absolute atomic E-state index is 11.6. The van der Waals surface area contributed by atoms with Crippen molar-refractivity contribution in [1.29, 1.82) is 0 Å². The standard InChI is InChI=1S/C17H30O4/c1-12(2)8-5-4-6-10-14-13(15(18)19)9-7-11-17(14,3)16(20)21/h12-14H,4-11H2,1-3H3,(H,18,19)(H,20,21). The number of rotatable bonds is 8. The Balaban J connectivity index is 2.65. The minimum atomic E-state index is -0.876. The van der Waals surface area contributed by atoms with Crippen LogP contribution in [0.15, 0.2) is 0 Å². The van der Waals surface area contributed by atoms with E-state index in [9.17, 15) is 19.8 Å². The van der Waals surface area contributed by atoms with Gasteiger partial charge < -0.3 is 10.2 Å².